The van der Waals surface area contributed by atoms with Crippen LogP contribution in [0.25, 0.3) is 16.7 Å². The van der Waals surface area contributed by atoms with Crippen LogP contribution in [0, 0.1) is 0 Å². The minimum absolute atomic E-state index is 0.260. The SMILES string of the molecule is ClCc1nc2cnccc2n1-c1c(Cl)cccc1Cl. The van der Waals surface area contributed by atoms with Gasteiger partial charge in [-0.25, -0.2) is 4.98 Å². The normalized spacial score (nSPS) is 11.1. The molecule has 2 heterocycles. The van der Waals surface area contributed by atoms with Crippen molar-refractivity contribution in [1.29, 1.82) is 0 Å². The van der Waals surface area contributed by atoms with E-state index in [0.717, 1.165) is 11.0 Å². The highest BCUT2D eigenvalue weighted by molar-refractivity contribution is 6.37. The van der Waals surface area contributed by atoms with E-state index in [1.165, 1.54) is 0 Å². The lowest BCUT2D eigenvalue weighted by Gasteiger charge is -2.11. The molecule has 3 rings (SSSR count). The molecule has 2 aromatic heterocycles. The van der Waals surface area contributed by atoms with Gasteiger partial charge in [0, 0.05) is 6.20 Å². The summed E-state index contributed by atoms with van der Waals surface area (Å²) in [6, 6.07) is 7.23. The smallest absolute Gasteiger partial charge is 0.129 e. The molecule has 6 heteroatoms. The number of imidazole rings is 1. The summed E-state index contributed by atoms with van der Waals surface area (Å²) in [6.45, 7) is 0. The molecule has 0 spiro atoms. The predicted octanol–water partition coefficient (Wildman–Crippen LogP) is 4.47. The Morgan fingerprint density at radius 3 is 2.53 bits per heavy atom. The summed E-state index contributed by atoms with van der Waals surface area (Å²) in [6.07, 6.45) is 3.38. The fourth-order valence-electron chi connectivity index (χ4n) is 2.02. The van der Waals surface area contributed by atoms with Gasteiger partial charge in [-0.2, -0.15) is 0 Å². The minimum Gasteiger partial charge on any atom is -0.292 e. The molecule has 0 amide bonds. The number of halogens is 3. The number of pyridine rings is 1. The van der Waals surface area contributed by atoms with Crippen molar-refractivity contribution in [2.75, 3.05) is 0 Å². The quantitative estimate of drug-likeness (QED) is 0.654. The maximum absolute atomic E-state index is 6.26. The Morgan fingerprint density at radius 1 is 1.11 bits per heavy atom. The lowest BCUT2D eigenvalue weighted by Crippen LogP contribution is -2.01. The number of fused-ring (bicyclic) bond motifs is 1. The van der Waals surface area contributed by atoms with E-state index in [1.54, 1.807) is 30.6 Å². The third-order valence-electron chi connectivity index (χ3n) is 2.81. The van der Waals surface area contributed by atoms with E-state index in [2.05, 4.69) is 9.97 Å². The van der Waals surface area contributed by atoms with Gasteiger partial charge in [0.25, 0.3) is 0 Å². The van der Waals surface area contributed by atoms with Crippen molar-refractivity contribution >= 4 is 45.8 Å². The minimum atomic E-state index is 0.260. The molecular weight excluding hydrogens is 305 g/mol. The molecule has 96 valence electrons. The van der Waals surface area contributed by atoms with Gasteiger partial charge < -0.3 is 0 Å². The molecule has 0 N–H and O–H groups in total. The molecule has 0 unspecified atom stereocenters. The zero-order valence-electron chi connectivity index (χ0n) is 9.65. The number of hydrogen-bond acceptors (Lipinski definition) is 2. The zero-order valence-corrected chi connectivity index (χ0v) is 11.9. The summed E-state index contributed by atoms with van der Waals surface area (Å²) >= 11 is 18.5. The van der Waals surface area contributed by atoms with Crippen LogP contribution in [0.2, 0.25) is 10.0 Å². The van der Waals surface area contributed by atoms with E-state index in [1.807, 2.05) is 10.6 Å². The van der Waals surface area contributed by atoms with E-state index in [4.69, 9.17) is 34.8 Å². The fourth-order valence-corrected chi connectivity index (χ4v) is 2.77. The van der Waals surface area contributed by atoms with Crippen molar-refractivity contribution in [3.63, 3.8) is 0 Å². The first-order valence-corrected chi connectivity index (χ1v) is 6.83. The Balaban J connectivity index is 2.41. The highest BCUT2D eigenvalue weighted by atomic mass is 35.5. The monoisotopic (exact) mass is 311 g/mol. The topological polar surface area (TPSA) is 30.7 Å². The fraction of sp³-hybridized carbons (Fsp3) is 0.0769. The maximum Gasteiger partial charge on any atom is 0.129 e. The first-order chi connectivity index (χ1) is 9.22. The summed E-state index contributed by atoms with van der Waals surface area (Å²) in [7, 11) is 0. The van der Waals surface area contributed by atoms with Crippen molar-refractivity contribution in [3.8, 4) is 5.69 Å². The molecule has 0 saturated heterocycles. The third-order valence-corrected chi connectivity index (χ3v) is 3.66. The van der Waals surface area contributed by atoms with Crippen LogP contribution in [-0.2, 0) is 5.88 Å². The number of nitrogens with zero attached hydrogens (tertiary/aromatic N) is 3. The molecule has 0 atom stereocenters. The standard InChI is InChI=1S/C13H8Cl3N3/c14-6-12-18-10-7-17-5-4-11(10)19(12)13-8(15)2-1-3-9(13)16/h1-5,7H,6H2. The van der Waals surface area contributed by atoms with Crippen LogP contribution in [0.4, 0.5) is 0 Å². The molecule has 0 aliphatic carbocycles. The van der Waals surface area contributed by atoms with Gasteiger partial charge >= 0.3 is 0 Å². The molecule has 3 aromatic rings. The summed E-state index contributed by atoms with van der Waals surface area (Å²) < 4.78 is 1.87. The first kappa shape index (κ1) is 12.7. The number of hydrogen-bond donors (Lipinski definition) is 0. The molecule has 0 saturated carbocycles. The second kappa shape index (κ2) is 5.00. The third kappa shape index (κ3) is 2.08. The Kier molecular flexibility index (Phi) is 3.35. The average Bonchev–Trinajstić information content (AvgIpc) is 2.77. The highest BCUT2D eigenvalue weighted by Gasteiger charge is 2.16. The predicted molar refractivity (Wildman–Crippen MR) is 78.4 cm³/mol. The van der Waals surface area contributed by atoms with Crippen molar-refractivity contribution in [2.24, 2.45) is 0 Å². The Hall–Kier alpha value is -1.29. The van der Waals surface area contributed by atoms with E-state index < -0.39 is 0 Å². The van der Waals surface area contributed by atoms with Gasteiger partial charge in [-0.15, -0.1) is 11.6 Å². The second-order valence-electron chi connectivity index (χ2n) is 3.93. The first-order valence-electron chi connectivity index (χ1n) is 5.54. The Labute approximate surface area is 124 Å². The van der Waals surface area contributed by atoms with Crippen LogP contribution in [0.5, 0.6) is 0 Å². The molecule has 0 fully saturated rings. The molecule has 0 aliphatic heterocycles. The van der Waals surface area contributed by atoms with Crippen molar-refractivity contribution in [1.82, 2.24) is 14.5 Å². The lowest BCUT2D eigenvalue weighted by molar-refractivity contribution is 0.982. The van der Waals surface area contributed by atoms with Crippen LogP contribution in [0.3, 0.4) is 0 Å². The molecule has 0 aliphatic rings. The molecule has 19 heavy (non-hydrogen) atoms. The summed E-state index contributed by atoms with van der Waals surface area (Å²) in [4.78, 5) is 8.50. The van der Waals surface area contributed by atoms with Crippen molar-refractivity contribution in [3.05, 3.63) is 52.5 Å². The van der Waals surface area contributed by atoms with Gasteiger partial charge in [0.15, 0.2) is 0 Å². The second-order valence-corrected chi connectivity index (χ2v) is 5.01. The molecule has 0 radical (unpaired) electrons. The van der Waals surface area contributed by atoms with Crippen molar-refractivity contribution < 1.29 is 0 Å². The van der Waals surface area contributed by atoms with Crippen LogP contribution < -0.4 is 0 Å². The Bertz CT molecular complexity index is 732. The molecule has 0 bridgehead atoms. The number of alkyl halides is 1. The van der Waals surface area contributed by atoms with Gasteiger partial charge in [-0.1, -0.05) is 29.3 Å². The van der Waals surface area contributed by atoms with Crippen LogP contribution in [0.15, 0.2) is 36.7 Å². The van der Waals surface area contributed by atoms with Gasteiger partial charge in [-0.3, -0.25) is 9.55 Å². The van der Waals surface area contributed by atoms with Gasteiger partial charge in [0.1, 0.15) is 11.3 Å². The van der Waals surface area contributed by atoms with Crippen LogP contribution >= 0.6 is 34.8 Å². The summed E-state index contributed by atoms with van der Waals surface area (Å²) in [5.41, 5.74) is 2.32. The number of para-hydroxylation sites is 1. The van der Waals surface area contributed by atoms with Gasteiger partial charge in [0.05, 0.1) is 33.3 Å². The number of aromatic nitrogens is 3. The number of rotatable bonds is 2. The van der Waals surface area contributed by atoms with E-state index in [9.17, 15) is 0 Å². The Morgan fingerprint density at radius 2 is 1.84 bits per heavy atom. The largest absolute Gasteiger partial charge is 0.292 e. The van der Waals surface area contributed by atoms with Crippen LogP contribution in [0.1, 0.15) is 5.82 Å². The van der Waals surface area contributed by atoms with Crippen molar-refractivity contribution in [2.45, 2.75) is 5.88 Å². The number of benzene rings is 1. The van der Waals surface area contributed by atoms with Gasteiger partial charge in [0.2, 0.25) is 0 Å². The molecular formula is C13H8Cl3N3. The highest BCUT2D eigenvalue weighted by Crippen LogP contribution is 2.32. The molecule has 1 aromatic carbocycles. The van der Waals surface area contributed by atoms with E-state index in [-0.39, 0.29) is 5.88 Å². The van der Waals surface area contributed by atoms with E-state index >= 15 is 0 Å². The van der Waals surface area contributed by atoms with E-state index in [0.29, 0.717) is 21.6 Å². The summed E-state index contributed by atoms with van der Waals surface area (Å²) in [5, 5.41) is 1.10. The molecule has 3 nitrogen and oxygen atoms in total. The van der Waals surface area contributed by atoms with Crippen LogP contribution in [-0.4, -0.2) is 14.5 Å². The average molecular weight is 313 g/mol. The lowest BCUT2D eigenvalue weighted by atomic mass is 10.3. The zero-order chi connectivity index (χ0) is 13.4. The maximum atomic E-state index is 6.26. The van der Waals surface area contributed by atoms with Gasteiger partial charge in [-0.05, 0) is 18.2 Å². The summed E-state index contributed by atoms with van der Waals surface area (Å²) in [5.74, 6) is 0.940.